The Balaban J connectivity index is 3.68. The van der Waals surface area contributed by atoms with Crippen molar-refractivity contribution < 1.29 is 9.59 Å². The van der Waals surface area contributed by atoms with Crippen molar-refractivity contribution in [2.24, 2.45) is 0 Å². The van der Waals surface area contributed by atoms with Crippen molar-refractivity contribution in [3.05, 3.63) is 0 Å². The van der Waals surface area contributed by atoms with E-state index < -0.39 is 0 Å². The van der Waals surface area contributed by atoms with E-state index in [0.717, 1.165) is 0 Å². The van der Waals surface area contributed by atoms with E-state index in [-0.39, 0.29) is 11.1 Å². The van der Waals surface area contributed by atoms with Crippen molar-refractivity contribution in [2.75, 3.05) is 27.2 Å². The zero-order chi connectivity index (χ0) is 9.72. The SMILES string of the molecule is CC(=O)N(C)CCN(C)C(=O)S. The number of rotatable bonds is 3. The van der Waals surface area contributed by atoms with Crippen LogP contribution in [0.5, 0.6) is 0 Å². The average molecular weight is 190 g/mol. The Morgan fingerprint density at radius 1 is 1.17 bits per heavy atom. The van der Waals surface area contributed by atoms with E-state index in [4.69, 9.17) is 0 Å². The highest BCUT2D eigenvalue weighted by molar-refractivity contribution is 7.96. The quantitative estimate of drug-likeness (QED) is 0.656. The molecule has 0 N–H and O–H groups in total. The molecule has 0 unspecified atom stereocenters. The van der Waals surface area contributed by atoms with E-state index in [0.29, 0.717) is 13.1 Å². The van der Waals surface area contributed by atoms with Gasteiger partial charge in [-0.1, -0.05) is 12.6 Å². The van der Waals surface area contributed by atoms with Crippen LogP contribution in [0, 0.1) is 0 Å². The predicted octanol–water partition coefficient (Wildman–Crippen LogP) is 0.446. The molecule has 0 aromatic carbocycles. The molecule has 0 aliphatic heterocycles. The molecule has 0 radical (unpaired) electrons. The molecule has 2 amide bonds. The monoisotopic (exact) mass is 190 g/mol. The lowest BCUT2D eigenvalue weighted by molar-refractivity contribution is -0.127. The molecule has 0 aliphatic carbocycles. The maximum absolute atomic E-state index is 10.7. The van der Waals surface area contributed by atoms with E-state index >= 15 is 0 Å². The van der Waals surface area contributed by atoms with E-state index in [1.54, 1.807) is 19.0 Å². The number of amides is 2. The van der Waals surface area contributed by atoms with Crippen LogP contribution in [0.25, 0.3) is 0 Å². The Kier molecular flexibility index (Phi) is 4.73. The molecule has 0 bridgehead atoms. The van der Waals surface area contributed by atoms with Gasteiger partial charge in [0.1, 0.15) is 0 Å². The first-order chi connectivity index (χ1) is 5.45. The summed E-state index contributed by atoms with van der Waals surface area (Å²) in [6.45, 7) is 2.54. The molecule has 0 atom stereocenters. The third kappa shape index (κ3) is 4.23. The maximum atomic E-state index is 10.7. The highest BCUT2D eigenvalue weighted by Crippen LogP contribution is 1.92. The van der Waals surface area contributed by atoms with Gasteiger partial charge in [-0.05, 0) is 0 Å². The number of thiol groups is 1. The minimum Gasteiger partial charge on any atom is -0.344 e. The van der Waals surface area contributed by atoms with E-state index in [1.165, 1.54) is 11.8 Å². The zero-order valence-electron chi connectivity index (χ0n) is 7.57. The smallest absolute Gasteiger partial charge is 0.278 e. The fourth-order valence-electron chi connectivity index (χ4n) is 0.553. The second-order valence-electron chi connectivity index (χ2n) is 2.64. The van der Waals surface area contributed by atoms with Crippen LogP contribution in [0.1, 0.15) is 6.92 Å². The summed E-state index contributed by atoms with van der Waals surface area (Å²) in [6, 6.07) is 0. The lowest BCUT2D eigenvalue weighted by atomic mass is 10.5. The molecule has 12 heavy (non-hydrogen) atoms. The van der Waals surface area contributed by atoms with Gasteiger partial charge in [0.25, 0.3) is 5.24 Å². The zero-order valence-corrected chi connectivity index (χ0v) is 8.47. The largest absolute Gasteiger partial charge is 0.344 e. The average Bonchev–Trinajstić information content (AvgIpc) is 1.98. The van der Waals surface area contributed by atoms with Crippen LogP contribution in [0.15, 0.2) is 0 Å². The van der Waals surface area contributed by atoms with Crippen LogP contribution in [0.2, 0.25) is 0 Å². The Hall–Kier alpha value is -0.710. The summed E-state index contributed by atoms with van der Waals surface area (Å²) in [5.74, 6) is -0.00462. The molecule has 0 aliphatic rings. The van der Waals surface area contributed by atoms with Crippen LogP contribution in [0.3, 0.4) is 0 Å². The van der Waals surface area contributed by atoms with Crippen molar-refractivity contribution in [1.82, 2.24) is 9.80 Å². The summed E-state index contributed by atoms with van der Waals surface area (Å²) in [6.07, 6.45) is 0. The van der Waals surface area contributed by atoms with E-state index in [9.17, 15) is 9.59 Å². The predicted molar refractivity (Wildman–Crippen MR) is 50.3 cm³/mol. The Labute approximate surface area is 77.9 Å². The normalized spacial score (nSPS) is 9.33. The first-order valence-electron chi connectivity index (χ1n) is 3.61. The second kappa shape index (κ2) is 5.03. The van der Waals surface area contributed by atoms with Gasteiger partial charge in [0.2, 0.25) is 5.91 Å². The molecule has 5 heteroatoms. The van der Waals surface area contributed by atoms with Crippen molar-refractivity contribution in [3.8, 4) is 0 Å². The van der Waals surface area contributed by atoms with Crippen LogP contribution in [-0.2, 0) is 4.79 Å². The summed E-state index contributed by atoms with van der Waals surface area (Å²) in [5.41, 5.74) is 0. The lowest BCUT2D eigenvalue weighted by Gasteiger charge is -2.19. The van der Waals surface area contributed by atoms with Crippen molar-refractivity contribution in [2.45, 2.75) is 6.92 Å². The molecule has 0 saturated carbocycles. The van der Waals surface area contributed by atoms with Gasteiger partial charge in [-0.3, -0.25) is 9.59 Å². The van der Waals surface area contributed by atoms with E-state index in [2.05, 4.69) is 12.6 Å². The summed E-state index contributed by atoms with van der Waals surface area (Å²) in [7, 11) is 3.34. The molecule has 4 nitrogen and oxygen atoms in total. The van der Waals surface area contributed by atoms with Gasteiger partial charge in [-0.25, -0.2) is 0 Å². The summed E-state index contributed by atoms with van der Waals surface area (Å²) < 4.78 is 0. The van der Waals surface area contributed by atoms with Gasteiger partial charge in [0.15, 0.2) is 0 Å². The molecular formula is C7H14N2O2S. The number of nitrogens with zero attached hydrogens (tertiary/aromatic N) is 2. The van der Waals surface area contributed by atoms with Crippen LogP contribution < -0.4 is 0 Å². The minimum absolute atomic E-state index is 0.00462. The fourth-order valence-corrected chi connectivity index (χ4v) is 0.653. The van der Waals surface area contributed by atoms with Gasteiger partial charge in [0.05, 0.1) is 0 Å². The van der Waals surface area contributed by atoms with Crippen LogP contribution in [0.4, 0.5) is 4.79 Å². The third-order valence-electron chi connectivity index (χ3n) is 1.63. The maximum Gasteiger partial charge on any atom is 0.278 e. The first kappa shape index (κ1) is 11.3. The van der Waals surface area contributed by atoms with E-state index in [1.807, 2.05) is 0 Å². The van der Waals surface area contributed by atoms with Crippen molar-refractivity contribution >= 4 is 23.8 Å². The number of hydrogen-bond acceptors (Lipinski definition) is 2. The Bertz CT molecular complexity index is 164. The van der Waals surface area contributed by atoms with Crippen LogP contribution >= 0.6 is 12.6 Å². The molecule has 0 heterocycles. The van der Waals surface area contributed by atoms with Gasteiger partial charge in [0, 0.05) is 34.1 Å². The summed E-state index contributed by atoms with van der Waals surface area (Å²) >= 11 is 3.63. The minimum atomic E-state index is -0.285. The standard InChI is InChI=1S/C7H14N2O2S/c1-6(10)8(2)4-5-9(3)7(11)12/h4-5H2,1-3H3,(H,11,12). The fraction of sp³-hybridized carbons (Fsp3) is 0.714. The highest BCUT2D eigenvalue weighted by Gasteiger charge is 2.06. The number of carbonyl (C=O) groups excluding carboxylic acids is 2. The van der Waals surface area contributed by atoms with Crippen molar-refractivity contribution in [3.63, 3.8) is 0 Å². The molecule has 70 valence electrons. The number of carbonyl (C=O) groups is 2. The highest BCUT2D eigenvalue weighted by atomic mass is 32.1. The molecule has 0 aromatic heterocycles. The van der Waals surface area contributed by atoms with Gasteiger partial charge < -0.3 is 9.80 Å². The van der Waals surface area contributed by atoms with Gasteiger partial charge >= 0.3 is 0 Å². The molecule has 0 saturated heterocycles. The second-order valence-corrected chi connectivity index (χ2v) is 3.03. The molecule has 0 fully saturated rings. The molecular weight excluding hydrogens is 176 g/mol. The van der Waals surface area contributed by atoms with Crippen LogP contribution in [-0.4, -0.2) is 48.1 Å². The first-order valence-corrected chi connectivity index (χ1v) is 4.05. The lowest BCUT2D eigenvalue weighted by Crippen LogP contribution is -2.34. The Morgan fingerprint density at radius 3 is 1.92 bits per heavy atom. The van der Waals surface area contributed by atoms with Crippen molar-refractivity contribution in [1.29, 1.82) is 0 Å². The topological polar surface area (TPSA) is 40.6 Å². The molecule has 0 rings (SSSR count). The molecule has 0 aromatic rings. The third-order valence-corrected chi connectivity index (χ3v) is 1.98. The van der Waals surface area contributed by atoms with Gasteiger partial charge in [-0.2, -0.15) is 0 Å². The summed E-state index contributed by atoms with van der Waals surface area (Å²) in [5, 5.41) is -0.285. The number of hydrogen-bond donors (Lipinski definition) is 1. The Morgan fingerprint density at radius 2 is 1.58 bits per heavy atom. The van der Waals surface area contributed by atoms with Gasteiger partial charge in [-0.15, -0.1) is 0 Å². The summed E-state index contributed by atoms with van der Waals surface area (Å²) in [4.78, 5) is 24.3. The molecule has 0 spiro atoms. The number of likely N-dealkylation sites (N-methyl/N-ethyl adjacent to an activating group) is 2.